The summed E-state index contributed by atoms with van der Waals surface area (Å²) in [5, 5.41) is 6.57. The molecule has 1 aromatic carbocycles. The third-order valence-electron chi connectivity index (χ3n) is 6.38. The number of amides is 2. The first kappa shape index (κ1) is 25.6. The number of benzene rings is 1. The van der Waals surface area contributed by atoms with Crippen LogP contribution in [-0.2, 0) is 22.9 Å². The standard InChI is InChI=1S/C23H24FN5O4S.Na.H/c1-33-20-12-14(8-10-25-20)18-13-19(24)16-6-3-7-17(16)22(18)26-23(30)28-34(31,32)21-9-11-29(27-21)15-4-2-5-15;;/h8-13,15H,2-7H2,1H3,(H2,26,28,30);;/q;+1;-1. The van der Waals surface area contributed by atoms with Gasteiger partial charge in [-0.05, 0) is 73.4 Å². The fourth-order valence-corrected chi connectivity index (χ4v) is 5.26. The van der Waals surface area contributed by atoms with E-state index in [0.29, 0.717) is 46.7 Å². The largest absolute Gasteiger partial charge is 1.00 e. The van der Waals surface area contributed by atoms with E-state index < -0.39 is 16.1 Å². The summed E-state index contributed by atoms with van der Waals surface area (Å²) in [5.41, 5.74) is 2.56. The number of hydrogen-bond acceptors (Lipinski definition) is 6. The first-order chi connectivity index (χ1) is 16.4. The number of nitrogens with zero attached hydrogens (tertiary/aromatic N) is 3. The van der Waals surface area contributed by atoms with E-state index in [-0.39, 0.29) is 47.9 Å². The summed E-state index contributed by atoms with van der Waals surface area (Å²) in [7, 11) is -2.71. The quantitative estimate of drug-likeness (QED) is 0.478. The smallest absolute Gasteiger partial charge is 1.00 e. The number of nitrogens with one attached hydrogen (secondary N) is 2. The number of carbonyl (C=O) groups excluding carboxylic acids is 1. The fourth-order valence-electron chi connectivity index (χ4n) is 4.42. The summed E-state index contributed by atoms with van der Waals surface area (Å²) in [6, 6.07) is 5.27. The second-order valence-corrected chi connectivity index (χ2v) is 10.1. The second-order valence-electron chi connectivity index (χ2n) is 8.46. The number of hydrogen-bond donors (Lipinski definition) is 2. The van der Waals surface area contributed by atoms with Crippen molar-refractivity contribution in [2.24, 2.45) is 0 Å². The molecule has 0 aliphatic heterocycles. The Morgan fingerprint density at radius 1 is 1.20 bits per heavy atom. The third-order valence-corrected chi connectivity index (χ3v) is 7.60. The molecule has 0 radical (unpaired) electrons. The minimum atomic E-state index is -4.18. The summed E-state index contributed by atoms with van der Waals surface area (Å²) in [4.78, 5) is 16.9. The van der Waals surface area contributed by atoms with E-state index in [1.807, 2.05) is 4.72 Å². The van der Waals surface area contributed by atoms with E-state index >= 15 is 0 Å². The maximum Gasteiger partial charge on any atom is 1.00 e. The van der Waals surface area contributed by atoms with Gasteiger partial charge in [-0.15, -0.1) is 0 Å². The Balaban J connectivity index is 0.00000180. The average molecular weight is 510 g/mol. The molecular weight excluding hydrogens is 484 g/mol. The second kappa shape index (κ2) is 10.3. The van der Waals surface area contributed by atoms with Gasteiger partial charge in [-0.3, -0.25) is 4.68 Å². The molecule has 9 nitrogen and oxygen atoms in total. The normalized spacial score (nSPS) is 15.0. The van der Waals surface area contributed by atoms with Crippen LogP contribution in [-0.4, -0.2) is 36.3 Å². The van der Waals surface area contributed by atoms with E-state index in [1.54, 1.807) is 23.0 Å². The molecule has 12 heteroatoms. The Bertz CT molecular complexity index is 1380. The Morgan fingerprint density at radius 3 is 2.69 bits per heavy atom. The third kappa shape index (κ3) is 5.09. The van der Waals surface area contributed by atoms with Crippen molar-refractivity contribution in [3.63, 3.8) is 0 Å². The number of aromatic nitrogens is 3. The molecule has 1 fully saturated rings. The molecule has 2 aliphatic rings. The van der Waals surface area contributed by atoms with E-state index in [1.165, 1.54) is 25.4 Å². The van der Waals surface area contributed by atoms with Crippen LogP contribution in [0.25, 0.3) is 11.1 Å². The minimum Gasteiger partial charge on any atom is -1.00 e. The van der Waals surface area contributed by atoms with Crippen LogP contribution in [0.5, 0.6) is 5.88 Å². The Labute approximate surface area is 226 Å². The van der Waals surface area contributed by atoms with Gasteiger partial charge in [0.2, 0.25) is 5.88 Å². The van der Waals surface area contributed by atoms with Gasteiger partial charge in [0.15, 0.2) is 5.03 Å². The Kier molecular flexibility index (Phi) is 7.51. The Hall–Kier alpha value is -2.47. The number of carbonyl (C=O) groups is 1. The van der Waals surface area contributed by atoms with Crippen LogP contribution in [0.1, 0.15) is 44.3 Å². The Morgan fingerprint density at radius 2 is 1.97 bits per heavy atom. The molecule has 0 atom stereocenters. The van der Waals surface area contributed by atoms with Crippen molar-refractivity contribution in [2.45, 2.75) is 49.6 Å². The number of halogens is 1. The summed E-state index contributed by atoms with van der Waals surface area (Å²) in [5.74, 6) is -0.0307. The molecule has 2 heterocycles. The topological polar surface area (TPSA) is 115 Å². The van der Waals surface area contributed by atoms with Crippen molar-refractivity contribution in [3.05, 3.63) is 53.6 Å². The first-order valence-electron chi connectivity index (χ1n) is 11.1. The number of fused-ring (bicyclic) bond motifs is 1. The van der Waals surface area contributed by atoms with Crippen molar-refractivity contribution < 1.29 is 53.3 Å². The van der Waals surface area contributed by atoms with Crippen LogP contribution in [0.15, 0.2) is 41.7 Å². The van der Waals surface area contributed by atoms with Gasteiger partial charge < -0.3 is 11.5 Å². The van der Waals surface area contributed by atoms with E-state index in [2.05, 4.69) is 15.4 Å². The van der Waals surface area contributed by atoms with Gasteiger partial charge in [0.05, 0.1) is 18.8 Å². The van der Waals surface area contributed by atoms with Crippen molar-refractivity contribution >= 4 is 21.7 Å². The summed E-state index contributed by atoms with van der Waals surface area (Å²) in [6.45, 7) is 0. The summed E-state index contributed by atoms with van der Waals surface area (Å²) >= 11 is 0. The number of rotatable bonds is 6. The van der Waals surface area contributed by atoms with Gasteiger partial charge in [0.1, 0.15) is 5.82 Å². The van der Waals surface area contributed by atoms with Gasteiger partial charge >= 0.3 is 35.6 Å². The molecule has 35 heavy (non-hydrogen) atoms. The molecule has 0 unspecified atom stereocenters. The van der Waals surface area contributed by atoms with Crippen molar-refractivity contribution in [2.75, 3.05) is 12.4 Å². The van der Waals surface area contributed by atoms with Crippen LogP contribution in [0.4, 0.5) is 14.9 Å². The first-order valence-corrected chi connectivity index (χ1v) is 12.6. The zero-order valence-corrected chi connectivity index (χ0v) is 22.4. The van der Waals surface area contributed by atoms with Crippen molar-refractivity contribution in [1.29, 1.82) is 0 Å². The van der Waals surface area contributed by atoms with Gasteiger partial charge in [-0.25, -0.2) is 18.9 Å². The molecule has 5 rings (SSSR count). The van der Waals surface area contributed by atoms with E-state index in [0.717, 1.165) is 25.7 Å². The number of urea groups is 1. The van der Waals surface area contributed by atoms with Gasteiger partial charge in [0.25, 0.3) is 10.0 Å². The minimum absolute atomic E-state index is 0. The summed E-state index contributed by atoms with van der Waals surface area (Å²) in [6.07, 6.45) is 7.97. The zero-order valence-electron chi connectivity index (χ0n) is 20.5. The SMILES string of the molecule is COc1cc(-c2cc(F)c3c(c2NC(=O)NS(=O)(=O)c2ccn(C4CCC4)n2)CCC3)ccn1.[H-].[Na+]. The van der Waals surface area contributed by atoms with Crippen molar-refractivity contribution in [3.8, 4) is 17.0 Å². The maximum absolute atomic E-state index is 14.8. The number of sulfonamides is 1. The number of pyridine rings is 1. The molecule has 180 valence electrons. The molecule has 3 aromatic rings. The van der Waals surface area contributed by atoms with E-state index in [4.69, 9.17) is 4.74 Å². The molecule has 0 spiro atoms. The van der Waals surface area contributed by atoms with Crippen LogP contribution in [0.2, 0.25) is 0 Å². The number of anilines is 1. The maximum atomic E-state index is 14.8. The number of ether oxygens (including phenoxy) is 1. The molecule has 0 bridgehead atoms. The fraction of sp³-hybridized carbons (Fsp3) is 0.348. The monoisotopic (exact) mass is 509 g/mol. The van der Waals surface area contributed by atoms with Crippen LogP contribution in [0, 0.1) is 5.82 Å². The van der Waals surface area contributed by atoms with Gasteiger partial charge in [-0.2, -0.15) is 13.5 Å². The van der Waals surface area contributed by atoms with E-state index in [9.17, 15) is 17.6 Å². The van der Waals surface area contributed by atoms with Crippen LogP contribution in [0.3, 0.4) is 0 Å². The molecule has 1 saturated carbocycles. The molecule has 2 N–H and O–H groups in total. The number of methoxy groups -OCH3 is 1. The van der Waals surface area contributed by atoms with Crippen LogP contribution < -0.4 is 44.3 Å². The summed E-state index contributed by atoms with van der Waals surface area (Å²) < 4.78 is 49.2. The molecule has 2 amide bonds. The van der Waals surface area contributed by atoms with Crippen LogP contribution >= 0.6 is 0 Å². The molecule has 2 aliphatic carbocycles. The van der Waals surface area contributed by atoms with Gasteiger partial charge in [-0.1, -0.05) is 0 Å². The van der Waals surface area contributed by atoms with Crippen molar-refractivity contribution in [1.82, 2.24) is 19.5 Å². The average Bonchev–Trinajstić information content (AvgIpc) is 3.45. The predicted octanol–water partition coefficient (Wildman–Crippen LogP) is 0.933. The van der Waals surface area contributed by atoms with Gasteiger partial charge in [0, 0.05) is 24.0 Å². The molecule has 0 saturated heterocycles. The molecule has 2 aromatic heterocycles. The zero-order chi connectivity index (χ0) is 23.9. The molecular formula is C23H25FN5NaO4S. The predicted molar refractivity (Wildman–Crippen MR) is 124 cm³/mol.